The summed E-state index contributed by atoms with van der Waals surface area (Å²) in [6.07, 6.45) is 12.0. The lowest BCUT2D eigenvalue weighted by Crippen LogP contribution is -2.17. The Morgan fingerprint density at radius 1 is 1.00 bits per heavy atom. The zero-order chi connectivity index (χ0) is 21.7. The van der Waals surface area contributed by atoms with E-state index in [1.807, 2.05) is 10.9 Å². The summed E-state index contributed by atoms with van der Waals surface area (Å²) in [5.41, 5.74) is 5.28. The molecule has 4 aromatic rings. The maximum Gasteiger partial charge on any atom is 0.225 e. The zero-order valence-corrected chi connectivity index (χ0v) is 19.0. The Morgan fingerprint density at radius 2 is 1.91 bits per heavy atom. The molecule has 0 amide bonds. The predicted molar refractivity (Wildman–Crippen MR) is 125 cm³/mol. The first-order valence-electron chi connectivity index (χ1n) is 11.7. The minimum atomic E-state index is -0.0522. The van der Waals surface area contributed by atoms with Crippen LogP contribution in [0.2, 0.25) is 5.28 Å². The van der Waals surface area contributed by atoms with Gasteiger partial charge in [0.1, 0.15) is 17.4 Å². The largest absolute Gasteiger partial charge is 0.358 e. The van der Waals surface area contributed by atoms with E-state index >= 15 is 0 Å². The van der Waals surface area contributed by atoms with E-state index in [1.165, 1.54) is 31.2 Å². The highest BCUT2D eigenvalue weighted by molar-refractivity contribution is 6.28. The quantitative estimate of drug-likeness (QED) is 0.361. The van der Waals surface area contributed by atoms with Crippen LogP contribution in [0.3, 0.4) is 0 Å². The summed E-state index contributed by atoms with van der Waals surface area (Å²) in [5, 5.41) is 0.215. The molecule has 3 atom stereocenters. The van der Waals surface area contributed by atoms with Gasteiger partial charge in [0.2, 0.25) is 5.28 Å². The first-order valence-corrected chi connectivity index (χ1v) is 12.0. The van der Waals surface area contributed by atoms with Gasteiger partial charge in [-0.3, -0.25) is 4.57 Å². The molecule has 1 unspecified atom stereocenters. The fourth-order valence-electron chi connectivity index (χ4n) is 5.37. The number of rotatable bonds is 3. The Morgan fingerprint density at radius 3 is 2.75 bits per heavy atom. The average Bonchev–Trinajstić information content (AvgIpc) is 3.43. The predicted octanol–water partition coefficient (Wildman–Crippen LogP) is 5.95. The lowest BCUT2D eigenvalue weighted by Gasteiger charge is -2.28. The van der Waals surface area contributed by atoms with Crippen molar-refractivity contribution in [3.8, 4) is 11.3 Å². The number of imidazole rings is 2. The maximum atomic E-state index is 6.36. The van der Waals surface area contributed by atoms with Crippen molar-refractivity contribution in [3.63, 3.8) is 0 Å². The van der Waals surface area contributed by atoms with Crippen molar-refractivity contribution in [2.45, 2.75) is 64.1 Å². The molecule has 6 rings (SSSR count). The summed E-state index contributed by atoms with van der Waals surface area (Å²) in [6, 6.07) is 6.87. The molecule has 1 aliphatic heterocycles. The van der Waals surface area contributed by atoms with Gasteiger partial charge in [0.05, 0.1) is 23.7 Å². The Labute approximate surface area is 191 Å². The van der Waals surface area contributed by atoms with Crippen LogP contribution in [-0.4, -0.2) is 35.7 Å². The van der Waals surface area contributed by atoms with Crippen LogP contribution < -0.4 is 0 Å². The van der Waals surface area contributed by atoms with E-state index < -0.39 is 0 Å². The number of fused-ring (bicyclic) bond motifs is 2. The molecule has 0 spiro atoms. The van der Waals surface area contributed by atoms with Crippen molar-refractivity contribution in [2.75, 3.05) is 6.61 Å². The third-order valence-electron chi connectivity index (χ3n) is 7.01. The van der Waals surface area contributed by atoms with Crippen LogP contribution >= 0.6 is 11.6 Å². The van der Waals surface area contributed by atoms with E-state index in [0.29, 0.717) is 11.7 Å². The third-order valence-corrected chi connectivity index (χ3v) is 7.18. The number of halogens is 1. The fraction of sp³-hybridized carbons (Fsp3) is 0.500. The molecule has 1 aromatic carbocycles. The van der Waals surface area contributed by atoms with Crippen molar-refractivity contribution >= 4 is 33.8 Å². The molecule has 0 radical (unpaired) electrons. The summed E-state index contributed by atoms with van der Waals surface area (Å²) in [5.74, 6) is 0.769. The summed E-state index contributed by atoms with van der Waals surface area (Å²) in [6.45, 7) is 3.11. The molecule has 1 saturated carbocycles. The molecular weight excluding hydrogens is 424 g/mol. The molecule has 1 aliphatic carbocycles. The van der Waals surface area contributed by atoms with Gasteiger partial charge < -0.3 is 9.30 Å². The van der Waals surface area contributed by atoms with Gasteiger partial charge >= 0.3 is 0 Å². The van der Waals surface area contributed by atoms with Crippen molar-refractivity contribution in [1.29, 1.82) is 0 Å². The summed E-state index contributed by atoms with van der Waals surface area (Å²) < 4.78 is 10.3. The Bertz CT molecular complexity index is 1270. The van der Waals surface area contributed by atoms with E-state index in [4.69, 9.17) is 21.3 Å². The van der Waals surface area contributed by atoms with Crippen LogP contribution in [0.25, 0.3) is 33.5 Å². The van der Waals surface area contributed by atoms with Gasteiger partial charge in [-0.25, -0.2) is 15.0 Å². The molecule has 166 valence electrons. The summed E-state index contributed by atoms with van der Waals surface area (Å²) in [4.78, 5) is 18.4. The monoisotopic (exact) mass is 450 g/mol. The minimum Gasteiger partial charge on any atom is -0.358 e. The minimum absolute atomic E-state index is 0.0522. The zero-order valence-electron chi connectivity index (χ0n) is 18.2. The number of nitrogens with zero attached hydrogens (tertiary/aromatic N) is 6. The molecule has 4 heterocycles. The molecule has 8 heteroatoms. The van der Waals surface area contributed by atoms with Crippen LogP contribution in [0.4, 0.5) is 0 Å². The summed E-state index contributed by atoms with van der Waals surface area (Å²) in [7, 11) is 0. The van der Waals surface area contributed by atoms with Gasteiger partial charge in [-0.1, -0.05) is 25.8 Å². The van der Waals surface area contributed by atoms with Gasteiger partial charge in [-0.05, 0) is 61.8 Å². The van der Waals surface area contributed by atoms with Crippen molar-refractivity contribution in [2.24, 2.45) is 5.92 Å². The van der Waals surface area contributed by atoms with E-state index in [0.717, 1.165) is 54.1 Å². The normalized spacial score (nSPS) is 24.4. The Balaban J connectivity index is 1.40. The number of ether oxygens (including phenoxy) is 1. The second-order valence-electron chi connectivity index (χ2n) is 9.27. The molecule has 1 saturated heterocycles. The highest BCUT2D eigenvalue weighted by Gasteiger charge is 2.24. The summed E-state index contributed by atoms with van der Waals surface area (Å²) >= 11 is 6.36. The van der Waals surface area contributed by atoms with Crippen LogP contribution in [-0.2, 0) is 4.74 Å². The fourth-order valence-corrected chi connectivity index (χ4v) is 5.53. The smallest absolute Gasteiger partial charge is 0.225 e. The van der Waals surface area contributed by atoms with Gasteiger partial charge in [-0.15, -0.1) is 0 Å². The highest BCUT2D eigenvalue weighted by Crippen LogP contribution is 2.36. The van der Waals surface area contributed by atoms with Crippen molar-refractivity contribution in [3.05, 3.63) is 36.1 Å². The van der Waals surface area contributed by atoms with Gasteiger partial charge in [0.25, 0.3) is 0 Å². The van der Waals surface area contributed by atoms with E-state index in [2.05, 4.69) is 44.6 Å². The first kappa shape index (κ1) is 20.1. The van der Waals surface area contributed by atoms with E-state index in [1.54, 1.807) is 6.33 Å². The molecule has 2 aliphatic rings. The van der Waals surface area contributed by atoms with Crippen LogP contribution in [0, 0.1) is 5.92 Å². The van der Waals surface area contributed by atoms with Crippen LogP contribution in [0.1, 0.15) is 64.1 Å². The van der Waals surface area contributed by atoms with E-state index in [-0.39, 0.29) is 11.5 Å². The molecule has 3 aromatic heterocycles. The highest BCUT2D eigenvalue weighted by atomic mass is 35.5. The molecule has 32 heavy (non-hydrogen) atoms. The number of benzene rings is 1. The van der Waals surface area contributed by atoms with Crippen LogP contribution in [0.5, 0.6) is 0 Å². The van der Waals surface area contributed by atoms with Gasteiger partial charge in [0.15, 0.2) is 5.65 Å². The van der Waals surface area contributed by atoms with Gasteiger partial charge in [0, 0.05) is 18.2 Å². The lowest BCUT2D eigenvalue weighted by atomic mass is 9.87. The lowest BCUT2D eigenvalue weighted by molar-refractivity contribution is -0.0298. The number of hydrogen-bond acceptors (Lipinski definition) is 5. The second kappa shape index (κ2) is 8.12. The van der Waals surface area contributed by atoms with Crippen LogP contribution in [0.15, 0.2) is 30.9 Å². The second-order valence-corrected chi connectivity index (χ2v) is 9.61. The van der Waals surface area contributed by atoms with Gasteiger partial charge in [-0.2, -0.15) is 4.98 Å². The molecule has 0 N–H and O–H groups in total. The SMILES string of the molecule is C[C@H]1CCC[C@H](n2cnc3cc(-c4nc(Cl)nc5c4ncn5C4CCCCO4)ccc32)C1. The average molecular weight is 451 g/mol. The molecule has 0 bridgehead atoms. The standard InChI is InChI=1S/C24H27ClN6O/c1-15-5-4-6-17(11-15)30-13-26-18-12-16(8-9-19(18)30)21-22-23(29-24(25)28-21)31(14-27-22)20-7-2-3-10-32-20/h8-9,12-15,17,20H,2-7,10-11H2,1H3/t15-,17-,20?/m0/s1. The molecular formula is C24H27ClN6O. The maximum absolute atomic E-state index is 6.36. The molecule has 7 nitrogen and oxygen atoms in total. The molecule has 2 fully saturated rings. The number of hydrogen-bond donors (Lipinski definition) is 0. The van der Waals surface area contributed by atoms with Crippen molar-refractivity contribution < 1.29 is 4.74 Å². The van der Waals surface area contributed by atoms with E-state index in [9.17, 15) is 0 Å². The first-order chi connectivity index (χ1) is 15.7. The Kier molecular flexibility index (Phi) is 5.11. The topological polar surface area (TPSA) is 70.7 Å². The Hall–Kier alpha value is -2.51. The van der Waals surface area contributed by atoms with Crippen molar-refractivity contribution in [1.82, 2.24) is 29.1 Å². The number of aromatic nitrogens is 6. The third kappa shape index (κ3) is 3.48.